The van der Waals surface area contributed by atoms with E-state index in [0.29, 0.717) is 18.8 Å². The molecule has 0 saturated carbocycles. The minimum Gasteiger partial charge on any atom is -0.294 e. The van der Waals surface area contributed by atoms with Gasteiger partial charge in [-0.1, -0.05) is 5.21 Å². The van der Waals surface area contributed by atoms with Crippen LogP contribution in [0.5, 0.6) is 0 Å². The Morgan fingerprint density at radius 2 is 2.14 bits per heavy atom. The fourth-order valence-electron chi connectivity index (χ4n) is 1.83. The van der Waals surface area contributed by atoms with E-state index in [9.17, 15) is 9.59 Å². The molecular weight excluding hydrogens is 342 g/mol. The van der Waals surface area contributed by atoms with E-state index >= 15 is 0 Å². The van der Waals surface area contributed by atoms with Gasteiger partial charge in [-0.2, -0.15) is 4.98 Å². The van der Waals surface area contributed by atoms with Crippen molar-refractivity contribution < 1.29 is 4.79 Å². The molecule has 112 valence electrons. The second kappa shape index (κ2) is 6.14. The van der Waals surface area contributed by atoms with Crippen LogP contribution >= 0.6 is 15.9 Å². The largest absolute Gasteiger partial charge is 0.348 e. The van der Waals surface area contributed by atoms with Gasteiger partial charge in [0.15, 0.2) is 5.69 Å². The van der Waals surface area contributed by atoms with Crippen LogP contribution in [0.15, 0.2) is 15.5 Å². The first-order chi connectivity index (χ1) is 9.93. The third-order valence-corrected chi connectivity index (χ3v) is 4.14. The van der Waals surface area contributed by atoms with Crippen molar-refractivity contribution in [1.29, 1.82) is 0 Å². The summed E-state index contributed by atoms with van der Waals surface area (Å²) in [7, 11) is 0. The number of nitrogens with one attached hydrogen (secondary N) is 1. The highest BCUT2D eigenvalue weighted by molar-refractivity contribution is 9.10. The molecule has 0 saturated heterocycles. The molecule has 0 aliphatic carbocycles. The van der Waals surface area contributed by atoms with Gasteiger partial charge in [-0.15, -0.1) is 5.10 Å². The molecular formula is C11H14BrN7O2. The summed E-state index contributed by atoms with van der Waals surface area (Å²) in [4.78, 5) is 27.1. The molecule has 3 N–H and O–H groups in total. The maximum absolute atomic E-state index is 11.9. The first-order valence-corrected chi connectivity index (χ1v) is 6.88. The second-order valence-electron chi connectivity index (χ2n) is 4.37. The van der Waals surface area contributed by atoms with Crippen LogP contribution in [0.25, 0.3) is 0 Å². The Morgan fingerprint density at radius 3 is 2.81 bits per heavy atom. The Balaban J connectivity index is 2.17. The SMILES string of the molecule is Cc1nc(=O)n(CCn2cc(C(=O)NN)nn2)c(C)c1Br. The Kier molecular flexibility index (Phi) is 4.48. The van der Waals surface area contributed by atoms with E-state index in [4.69, 9.17) is 5.84 Å². The van der Waals surface area contributed by atoms with Crippen LogP contribution in [-0.4, -0.2) is 30.5 Å². The third-order valence-electron chi connectivity index (χ3n) is 2.99. The second-order valence-corrected chi connectivity index (χ2v) is 5.16. The number of rotatable bonds is 4. The zero-order valence-corrected chi connectivity index (χ0v) is 13.1. The lowest BCUT2D eigenvalue weighted by molar-refractivity contribution is 0.0948. The van der Waals surface area contributed by atoms with Crippen molar-refractivity contribution >= 4 is 21.8 Å². The topological polar surface area (TPSA) is 121 Å². The van der Waals surface area contributed by atoms with E-state index in [1.54, 1.807) is 6.92 Å². The highest BCUT2D eigenvalue weighted by Crippen LogP contribution is 2.16. The number of nitrogen functional groups attached to an aromatic ring is 1. The van der Waals surface area contributed by atoms with Crippen LogP contribution in [0, 0.1) is 13.8 Å². The molecule has 0 aliphatic heterocycles. The van der Waals surface area contributed by atoms with Crippen LogP contribution in [0.4, 0.5) is 0 Å². The van der Waals surface area contributed by atoms with Crippen LogP contribution in [-0.2, 0) is 13.1 Å². The number of amides is 1. The van der Waals surface area contributed by atoms with Gasteiger partial charge in [-0.05, 0) is 29.8 Å². The molecule has 1 amide bonds. The molecule has 2 aromatic heterocycles. The van der Waals surface area contributed by atoms with Crippen molar-refractivity contribution in [2.75, 3.05) is 0 Å². The molecule has 0 aliphatic rings. The van der Waals surface area contributed by atoms with Gasteiger partial charge in [0.05, 0.1) is 22.9 Å². The summed E-state index contributed by atoms with van der Waals surface area (Å²) in [6.45, 7) is 4.33. The van der Waals surface area contributed by atoms with E-state index in [1.165, 1.54) is 15.4 Å². The lowest BCUT2D eigenvalue weighted by Crippen LogP contribution is -2.30. The number of aryl methyl sites for hydroxylation is 2. The van der Waals surface area contributed by atoms with Gasteiger partial charge in [0.1, 0.15) is 0 Å². The number of carbonyl (C=O) groups is 1. The highest BCUT2D eigenvalue weighted by Gasteiger charge is 2.11. The van der Waals surface area contributed by atoms with Crippen molar-refractivity contribution in [3.8, 4) is 0 Å². The van der Waals surface area contributed by atoms with E-state index < -0.39 is 5.91 Å². The zero-order valence-electron chi connectivity index (χ0n) is 11.5. The first-order valence-electron chi connectivity index (χ1n) is 6.08. The third kappa shape index (κ3) is 3.16. The van der Waals surface area contributed by atoms with E-state index in [2.05, 4.69) is 31.2 Å². The molecule has 2 heterocycles. The van der Waals surface area contributed by atoms with Crippen LogP contribution in [0.2, 0.25) is 0 Å². The van der Waals surface area contributed by atoms with E-state index in [-0.39, 0.29) is 11.4 Å². The first kappa shape index (κ1) is 15.3. The molecule has 0 aromatic carbocycles. The standard InChI is InChI=1S/C11H14BrN7O2/c1-6-9(12)7(2)19(11(21)14-6)4-3-18-5-8(16-17-18)10(20)15-13/h5H,3-4,13H2,1-2H3,(H,15,20). The Morgan fingerprint density at radius 1 is 1.43 bits per heavy atom. The minimum atomic E-state index is -0.519. The molecule has 0 unspecified atom stereocenters. The highest BCUT2D eigenvalue weighted by atomic mass is 79.9. The fraction of sp³-hybridized carbons (Fsp3) is 0.364. The number of nitrogens with two attached hydrogens (primary N) is 1. The van der Waals surface area contributed by atoms with Gasteiger partial charge in [-0.3, -0.25) is 14.8 Å². The van der Waals surface area contributed by atoms with Gasteiger partial charge in [-0.25, -0.2) is 15.3 Å². The number of carbonyl (C=O) groups excluding carboxylic acids is 1. The Hall–Kier alpha value is -2.07. The average molecular weight is 356 g/mol. The van der Waals surface area contributed by atoms with Crippen molar-refractivity contribution in [2.24, 2.45) is 5.84 Å². The number of hydrogen-bond donors (Lipinski definition) is 2. The van der Waals surface area contributed by atoms with Crippen molar-refractivity contribution in [1.82, 2.24) is 30.0 Å². The number of hydrogen-bond acceptors (Lipinski definition) is 6. The smallest absolute Gasteiger partial charge is 0.294 e. The Labute approximate surface area is 128 Å². The van der Waals surface area contributed by atoms with E-state index in [1.807, 2.05) is 12.3 Å². The number of aromatic nitrogens is 5. The summed E-state index contributed by atoms with van der Waals surface area (Å²) >= 11 is 3.40. The number of halogens is 1. The van der Waals surface area contributed by atoms with Crippen LogP contribution in [0.1, 0.15) is 21.9 Å². The molecule has 0 radical (unpaired) electrons. The van der Waals surface area contributed by atoms with Gasteiger partial charge in [0, 0.05) is 12.2 Å². The van der Waals surface area contributed by atoms with Gasteiger partial charge in [0.25, 0.3) is 5.91 Å². The van der Waals surface area contributed by atoms with E-state index in [0.717, 1.165) is 10.2 Å². The van der Waals surface area contributed by atoms with Gasteiger partial charge < -0.3 is 0 Å². The summed E-state index contributed by atoms with van der Waals surface area (Å²) in [5.74, 6) is 4.49. The molecule has 0 atom stereocenters. The molecule has 2 rings (SSSR count). The van der Waals surface area contributed by atoms with Crippen molar-refractivity contribution in [2.45, 2.75) is 26.9 Å². The Bertz CT molecular complexity index is 737. The lowest BCUT2D eigenvalue weighted by Gasteiger charge is -2.11. The summed E-state index contributed by atoms with van der Waals surface area (Å²) in [5.41, 5.74) is 3.20. The summed E-state index contributed by atoms with van der Waals surface area (Å²) < 4.78 is 3.79. The average Bonchev–Trinajstić information content (AvgIpc) is 2.93. The quantitative estimate of drug-likeness (QED) is 0.434. The molecule has 9 nitrogen and oxygen atoms in total. The number of hydrazine groups is 1. The molecule has 0 spiro atoms. The predicted octanol–water partition coefficient (Wildman–Crippen LogP) is -0.482. The fourth-order valence-corrected chi connectivity index (χ4v) is 2.13. The van der Waals surface area contributed by atoms with Gasteiger partial charge >= 0.3 is 5.69 Å². The monoisotopic (exact) mass is 355 g/mol. The molecule has 10 heteroatoms. The zero-order chi connectivity index (χ0) is 15.6. The molecule has 2 aromatic rings. The lowest BCUT2D eigenvalue weighted by atomic mass is 10.3. The van der Waals surface area contributed by atoms with Gasteiger partial charge in [0.2, 0.25) is 0 Å². The molecule has 21 heavy (non-hydrogen) atoms. The maximum Gasteiger partial charge on any atom is 0.348 e. The normalized spacial score (nSPS) is 10.7. The predicted molar refractivity (Wildman–Crippen MR) is 77.3 cm³/mol. The summed E-state index contributed by atoms with van der Waals surface area (Å²) in [6, 6.07) is 0. The van der Waals surface area contributed by atoms with Crippen LogP contribution < -0.4 is 17.0 Å². The van der Waals surface area contributed by atoms with Crippen molar-refractivity contribution in [3.63, 3.8) is 0 Å². The molecule has 0 fully saturated rings. The molecule has 0 bridgehead atoms. The summed E-state index contributed by atoms with van der Waals surface area (Å²) in [6.07, 6.45) is 1.46. The van der Waals surface area contributed by atoms with Crippen molar-refractivity contribution in [3.05, 3.63) is 38.2 Å². The minimum absolute atomic E-state index is 0.116. The van der Waals surface area contributed by atoms with Crippen LogP contribution in [0.3, 0.4) is 0 Å². The number of nitrogens with zero attached hydrogens (tertiary/aromatic N) is 5. The maximum atomic E-state index is 11.9. The summed E-state index contributed by atoms with van der Waals surface area (Å²) in [5, 5.41) is 7.49.